The van der Waals surface area contributed by atoms with Gasteiger partial charge in [-0.2, -0.15) is 0 Å². The van der Waals surface area contributed by atoms with E-state index < -0.39 is 0 Å². The summed E-state index contributed by atoms with van der Waals surface area (Å²) < 4.78 is 0. The lowest BCUT2D eigenvalue weighted by Gasteiger charge is -2.22. The zero-order chi connectivity index (χ0) is 12.1. The molecule has 1 N–H and O–H groups in total. The van der Waals surface area contributed by atoms with Crippen molar-refractivity contribution in [3.8, 4) is 0 Å². The van der Waals surface area contributed by atoms with Crippen molar-refractivity contribution in [1.82, 2.24) is 5.32 Å². The molecule has 0 rings (SSSR count). The Bertz CT molecular complexity index is 196. The SMILES string of the molecule is CC(C)CC(=O)NCC(Cl)CC(C)(C)C. The van der Waals surface area contributed by atoms with Gasteiger partial charge in [0.25, 0.3) is 0 Å². The molecule has 0 aliphatic heterocycles. The maximum atomic E-state index is 11.4. The van der Waals surface area contributed by atoms with Gasteiger partial charge in [-0.25, -0.2) is 0 Å². The molecule has 1 unspecified atom stereocenters. The van der Waals surface area contributed by atoms with E-state index in [0.29, 0.717) is 18.9 Å². The molecule has 0 spiro atoms. The van der Waals surface area contributed by atoms with Crippen LogP contribution < -0.4 is 5.32 Å². The van der Waals surface area contributed by atoms with Crippen molar-refractivity contribution < 1.29 is 4.79 Å². The van der Waals surface area contributed by atoms with Gasteiger partial charge in [-0.1, -0.05) is 34.6 Å². The number of carbonyl (C=O) groups is 1. The minimum absolute atomic E-state index is 0.0288. The molecule has 15 heavy (non-hydrogen) atoms. The van der Waals surface area contributed by atoms with Gasteiger partial charge in [-0.3, -0.25) is 4.79 Å². The summed E-state index contributed by atoms with van der Waals surface area (Å²) in [6.45, 7) is 11.1. The van der Waals surface area contributed by atoms with Crippen LogP contribution in [0.4, 0.5) is 0 Å². The molecular weight excluding hydrogens is 210 g/mol. The van der Waals surface area contributed by atoms with Crippen LogP contribution in [0.15, 0.2) is 0 Å². The number of amides is 1. The highest BCUT2D eigenvalue weighted by atomic mass is 35.5. The molecule has 90 valence electrons. The van der Waals surface area contributed by atoms with Gasteiger partial charge >= 0.3 is 0 Å². The van der Waals surface area contributed by atoms with Crippen LogP contribution in [0.3, 0.4) is 0 Å². The molecule has 0 aromatic carbocycles. The molecule has 2 nitrogen and oxygen atoms in total. The van der Waals surface area contributed by atoms with Crippen molar-refractivity contribution >= 4 is 17.5 Å². The van der Waals surface area contributed by atoms with Gasteiger partial charge in [0.05, 0.1) is 5.38 Å². The third-order valence-electron chi connectivity index (χ3n) is 1.95. The fraction of sp³-hybridized carbons (Fsp3) is 0.917. The van der Waals surface area contributed by atoms with Crippen molar-refractivity contribution in [2.45, 2.75) is 52.8 Å². The summed E-state index contributed by atoms with van der Waals surface area (Å²) in [5, 5.41) is 2.89. The lowest BCUT2D eigenvalue weighted by molar-refractivity contribution is -0.121. The number of rotatable bonds is 5. The van der Waals surface area contributed by atoms with E-state index in [1.807, 2.05) is 13.8 Å². The van der Waals surface area contributed by atoms with Crippen LogP contribution >= 0.6 is 11.6 Å². The molecule has 0 aliphatic carbocycles. The topological polar surface area (TPSA) is 29.1 Å². The summed E-state index contributed by atoms with van der Waals surface area (Å²) in [7, 11) is 0. The molecule has 0 saturated heterocycles. The van der Waals surface area contributed by atoms with Crippen molar-refractivity contribution in [1.29, 1.82) is 0 Å². The van der Waals surface area contributed by atoms with Crippen LogP contribution in [0.1, 0.15) is 47.5 Å². The molecule has 0 fully saturated rings. The molecule has 3 heteroatoms. The quantitative estimate of drug-likeness (QED) is 0.726. The van der Waals surface area contributed by atoms with Gasteiger partial charge in [0.1, 0.15) is 0 Å². The second-order valence-corrected chi connectivity index (χ2v) is 6.38. The van der Waals surface area contributed by atoms with Crippen molar-refractivity contribution in [2.24, 2.45) is 11.3 Å². The number of halogens is 1. The van der Waals surface area contributed by atoms with Gasteiger partial charge in [0, 0.05) is 13.0 Å². The first-order valence-corrected chi connectivity index (χ1v) is 6.05. The highest BCUT2D eigenvalue weighted by Gasteiger charge is 2.17. The highest BCUT2D eigenvalue weighted by Crippen LogP contribution is 2.23. The van der Waals surface area contributed by atoms with Crippen LogP contribution in [0.25, 0.3) is 0 Å². The van der Waals surface area contributed by atoms with Crippen molar-refractivity contribution in [3.05, 3.63) is 0 Å². The van der Waals surface area contributed by atoms with Gasteiger partial charge in [0.15, 0.2) is 0 Å². The normalized spacial score (nSPS) is 14.1. The zero-order valence-electron chi connectivity index (χ0n) is 10.6. The summed E-state index contributed by atoms with van der Waals surface area (Å²) in [5.41, 5.74) is 0.217. The Labute approximate surface area is 98.8 Å². The van der Waals surface area contributed by atoms with E-state index in [1.165, 1.54) is 0 Å². The minimum Gasteiger partial charge on any atom is -0.355 e. The van der Waals surface area contributed by atoms with E-state index >= 15 is 0 Å². The van der Waals surface area contributed by atoms with Gasteiger partial charge < -0.3 is 5.32 Å². The van der Waals surface area contributed by atoms with Gasteiger partial charge in [-0.05, 0) is 17.8 Å². The summed E-state index contributed by atoms with van der Waals surface area (Å²) in [5.74, 6) is 0.506. The number of nitrogens with one attached hydrogen (secondary N) is 1. The lowest BCUT2D eigenvalue weighted by atomic mass is 9.90. The molecular formula is C12H24ClNO. The predicted molar refractivity (Wildman–Crippen MR) is 66.2 cm³/mol. The molecule has 0 aromatic rings. The lowest BCUT2D eigenvalue weighted by Crippen LogP contribution is -2.32. The number of hydrogen-bond acceptors (Lipinski definition) is 1. The Morgan fingerprint density at radius 2 is 1.87 bits per heavy atom. The van der Waals surface area contributed by atoms with Crippen LogP contribution in [0.5, 0.6) is 0 Å². The molecule has 0 aliphatic rings. The number of alkyl halides is 1. The summed E-state index contributed by atoms with van der Waals surface area (Å²) >= 11 is 6.13. The highest BCUT2D eigenvalue weighted by molar-refractivity contribution is 6.20. The maximum absolute atomic E-state index is 11.4. The second kappa shape index (κ2) is 6.37. The van der Waals surface area contributed by atoms with Crippen LogP contribution in [0.2, 0.25) is 0 Å². The summed E-state index contributed by atoms with van der Waals surface area (Å²) in [4.78, 5) is 11.4. The van der Waals surface area contributed by atoms with Crippen LogP contribution in [-0.4, -0.2) is 17.8 Å². The van der Waals surface area contributed by atoms with E-state index in [-0.39, 0.29) is 16.7 Å². The third-order valence-corrected chi connectivity index (χ3v) is 2.26. The van der Waals surface area contributed by atoms with E-state index in [4.69, 9.17) is 11.6 Å². The van der Waals surface area contributed by atoms with E-state index in [2.05, 4.69) is 26.1 Å². The molecule has 0 radical (unpaired) electrons. The Hall–Kier alpha value is -0.240. The standard InChI is InChI=1S/C12H24ClNO/c1-9(2)6-11(15)14-8-10(13)7-12(3,4)5/h9-10H,6-8H2,1-5H3,(H,14,15). The van der Waals surface area contributed by atoms with E-state index in [1.54, 1.807) is 0 Å². The Morgan fingerprint density at radius 1 is 1.33 bits per heavy atom. The Morgan fingerprint density at radius 3 is 2.27 bits per heavy atom. The Kier molecular flexibility index (Phi) is 6.26. The van der Waals surface area contributed by atoms with Crippen LogP contribution in [-0.2, 0) is 4.79 Å². The number of hydrogen-bond donors (Lipinski definition) is 1. The first-order chi connectivity index (χ1) is 6.70. The number of carbonyl (C=O) groups excluding carboxylic acids is 1. The summed E-state index contributed by atoms with van der Waals surface area (Å²) in [6.07, 6.45) is 1.50. The monoisotopic (exact) mass is 233 g/mol. The molecule has 1 atom stereocenters. The van der Waals surface area contributed by atoms with E-state index in [0.717, 1.165) is 6.42 Å². The average molecular weight is 234 g/mol. The zero-order valence-corrected chi connectivity index (χ0v) is 11.3. The van der Waals surface area contributed by atoms with Gasteiger partial charge in [0.2, 0.25) is 5.91 Å². The van der Waals surface area contributed by atoms with Crippen molar-refractivity contribution in [2.75, 3.05) is 6.54 Å². The van der Waals surface area contributed by atoms with Crippen LogP contribution in [0, 0.1) is 11.3 Å². The summed E-state index contributed by atoms with van der Waals surface area (Å²) in [6, 6.07) is 0. The largest absolute Gasteiger partial charge is 0.355 e. The minimum atomic E-state index is 0.0288. The smallest absolute Gasteiger partial charge is 0.220 e. The third kappa shape index (κ3) is 10.1. The maximum Gasteiger partial charge on any atom is 0.220 e. The molecule has 1 amide bonds. The molecule has 0 heterocycles. The average Bonchev–Trinajstić information content (AvgIpc) is 1.96. The van der Waals surface area contributed by atoms with Gasteiger partial charge in [-0.15, -0.1) is 11.6 Å². The van der Waals surface area contributed by atoms with Crippen molar-refractivity contribution in [3.63, 3.8) is 0 Å². The fourth-order valence-electron chi connectivity index (χ4n) is 1.40. The molecule has 0 saturated carbocycles. The molecule has 0 aromatic heterocycles. The first kappa shape index (κ1) is 14.8. The fourth-order valence-corrected chi connectivity index (χ4v) is 1.94. The Balaban J connectivity index is 3.71. The van der Waals surface area contributed by atoms with E-state index in [9.17, 15) is 4.79 Å². The first-order valence-electron chi connectivity index (χ1n) is 5.61. The predicted octanol–water partition coefficient (Wildman–Crippen LogP) is 3.19. The molecule has 0 bridgehead atoms. The second-order valence-electron chi connectivity index (χ2n) is 5.76.